The van der Waals surface area contributed by atoms with E-state index in [1.807, 2.05) is 27.7 Å². The van der Waals surface area contributed by atoms with Crippen molar-refractivity contribution in [2.45, 2.75) is 54.4 Å². The van der Waals surface area contributed by atoms with Crippen LogP contribution in [0.1, 0.15) is 54.4 Å². The van der Waals surface area contributed by atoms with E-state index in [0.29, 0.717) is 0 Å². The molecule has 0 aromatic rings. The average molecular weight is 200 g/mol. The molecule has 0 radical (unpaired) electrons. The van der Waals surface area contributed by atoms with Crippen molar-refractivity contribution in [1.82, 2.24) is 0 Å². The second-order valence-electron chi connectivity index (χ2n) is 2.68. The topological polar surface area (TPSA) is 0 Å². The van der Waals surface area contributed by atoms with Gasteiger partial charge in [0.25, 0.3) is 0 Å². The van der Waals surface area contributed by atoms with Crippen LogP contribution < -0.4 is 0 Å². The molecular formula is C12H25P. The second kappa shape index (κ2) is 9.99. The number of rotatable bonds is 0. The predicted molar refractivity (Wildman–Crippen MR) is 68.1 cm³/mol. The molecule has 1 rings (SSSR count). The van der Waals surface area contributed by atoms with Crippen molar-refractivity contribution in [1.29, 1.82) is 0 Å². The minimum absolute atomic E-state index is 1.23. The molecule has 0 amide bonds. The molecule has 0 nitrogen and oxygen atoms in total. The van der Waals surface area contributed by atoms with Crippen molar-refractivity contribution in [3.05, 3.63) is 22.5 Å². The number of hydrogen-bond donors (Lipinski definition) is 0. The smallest absolute Gasteiger partial charge is 0.0242 e. The summed E-state index contributed by atoms with van der Waals surface area (Å²) in [6, 6.07) is 0. The summed E-state index contributed by atoms with van der Waals surface area (Å²) in [5.41, 5.74) is 2.99. The fraction of sp³-hybridized carbons (Fsp3) is 0.667. The molecular weight excluding hydrogens is 175 g/mol. The molecule has 0 saturated carbocycles. The number of allylic oxidation sites excluding steroid dienone is 4. The minimum atomic E-state index is 1.23. The van der Waals surface area contributed by atoms with Gasteiger partial charge >= 0.3 is 0 Å². The van der Waals surface area contributed by atoms with E-state index >= 15 is 0 Å². The summed E-state index contributed by atoms with van der Waals surface area (Å²) in [7, 11) is 2.77. The quantitative estimate of drug-likeness (QED) is 0.486. The first-order valence-corrected chi connectivity index (χ1v) is 5.90. The minimum Gasteiger partial charge on any atom is -0.110 e. The molecule has 1 aliphatic carbocycles. The number of hydrogen-bond acceptors (Lipinski definition) is 0. The van der Waals surface area contributed by atoms with E-state index in [4.69, 9.17) is 0 Å². The first-order chi connectivity index (χ1) is 6.20. The molecule has 0 saturated heterocycles. The summed E-state index contributed by atoms with van der Waals surface area (Å²) in [6.07, 6.45) is 4.73. The molecule has 0 bridgehead atoms. The SMILES string of the molecule is CC.CC.CC1=C(C)CCC(P)=C1. The molecule has 1 unspecified atom stereocenters. The lowest BCUT2D eigenvalue weighted by molar-refractivity contribution is 0.928. The summed E-state index contributed by atoms with van der Waals surface area (Å²) >= 11 is 0. The van der Waals surface area contributed by atoms with E-state index in [9.17, 15) is 0 Å². The summed E-state index contributed by atoms with van der Waals surface area (Å²) in [5, 5.41) is 1.44. The Morgan fingerprint density at radius 1 is 1.00 bits per heavy atom. The first-order valence-electron chi connectivity index (χ1n) is 5.32. The van der Waals surface area contributed by atoms with E-state index in [1.165, 1.54) is 23.7 Å². The van der Waals surface area contributed by atoms with E-state index in [1.54, 1.807) is 5.57 Å². The van der Waals surface area contributed by atoms with Crippen LogP contribution in [-0.2, 0) is 0 Å². The van der Waals surface area contributed by atoms with Gasteiger partial charge in [-0.1, -0.05) is 50.2 Å². The highest BCUT2D eigenvalue weighted by Crippen LogP contribution is 2.26. The Labute approximate surface area is 86.7 Å². The first kappa shape index (κ1) is 15.4. The van der Waals surface area contributed by atoms with Crippen molar-refractivity contribution in [2.75, 3.05) is 0 Å². The molecule has 0 aromatic heterocycles. The third kappa shape index (κ3) is 7.02. The maximum Gasteiger partial charge on any atom is -0.0242 e. The van der Waals surface area contributed by atoms with Crippen molar-refractivity contribution in [3.8, 4) is 0 Å². The molecule has 0 fully saturated rings. The monoisotopic (exact) mass is 200 g/mol. The van der Waals surface area contributed by atoms with Gasteiger partial charge in [0.2, 0.25) is 0 Å². The van der Waals surface area contributed by atoms with Gasteiger partial charge in [0.15, 0.2) is 0 Å². The van der Waals surface area contributed by atoms with Gasteiger partial charge in [0.1, 0.15) is 0 Å². The Morgan fingerprint density at radius 3 is 1.77 bits per heavy atom. The van der Waals surface area contributed by atoms with E-state index in [-0.39, 0.29) is 0 Å². The summed E-state index contributed by atoms with van der Waals surface area (Å²) in [5.74, 6) is 0. The fourth-order valence-corrected chi connectivity index (χ4v) is 1.40. The zero-order chi connectivity index (χ0) is 10.9. The van der Waals surface area contributed by atoms with Crippen LogP contribution in [0.15, 0.2) is 22.5 Å². The third-order valence-electron chi connectivity index (χ3n) is 1.86. The van der Waals surface area contributed by atoms with Crippen LogP contribution in [0, 0.1) is 0 Å². The lowest BCUT2D eigenvalue weighted by Crippen LogP contribution is -1.89. The molecule has 0 aliphatic heterocycles. The zero-order valence-corrected chi connectivity index (χ0v) is 11.2. The van der Waals surface area contributed by atoms with Crippen LogP contribution in [-0.4, -0.2) is 0 Å². The van der Waals surface area contributed by atoms with Crippen molar-refractivity contribution < 1.29 is 0 Å². The van der Waals surface area contributed by atoms with E-state index < -0.39 is 0 Å². The highest BCUT2D eigenvalue weighted by Gasteiger charge is 2.02. The van der Waals surface area contributed by atoms with Gasteiger partial charge in [-0.2, -0.15) is 0 Å². The van der Waals surface area contributed by atoms with Gasteiger partial charge in [0.05, 0.1) is 0 Å². The summed E-state index contributed by atoms with van der Waals surface area (Å²) < 4.78 is 0. The molecule has 78 valence electrons. The molecule has 0 heterocycles. The zero-order valence-electron chi connectivity index (χ0n) is 10.1. The van der Waals surface area contributed by atoms with Crippen molar-refractivity contribution in [3.63, 3.8) is 0 Å². The summed E-state index contributed by atoms with van der Waals surface area (Å²) in [6.45, 7) is 12.4. The van der Waals surface area contributed by atoms with Crippen LogP contribution in [0.2, 0.25) is 0 Å². The highest BCUT2D eigenvalue weighted by molar-refractivity contribution is 7.22. The van der Waals surface area contributed by atoms with Crippen molar-refractivity contribution >= 4 is 9.24 Å². The largest absolute Gasteiger partial charge is 0.110 e. The molecule has 0 spiro atoms. The normalized spacial score (nSPS) is 14.8. The van der Waals surface area contributed by atoms with Gasteiger partial charge < -0.3 is 0 Å². The van der Waals surface area contributed by atoms with Crippen LogP contribution in [0.3, 0.4) is 0 Å². The van der Waals surface area contributed by atoms with Crippen molar-refractivity contribution in [2.24, 2.45) is 0 Å². The molecule has 1 aliphatic rings. The highest BCUT2D eigenvalue weighted by atomic mass is 31.0. The standard InChI is InChI=1S/C8H13P.2C2H6/c1-6-3-4-8(9)5-7(6)2;2*1-2/h5H,3-4,9H2,1-2H3;2*1-2H3. The lowest BCUT2D eigenvalue weighted by atomic mass is 10.0. The Balaban J connectivity index is 0. The Kier molecular flexibility index (Phi) is 11.8. The second-order valence-corrected chi connectivity index (χ2v) is 3.42. The molecule has 13 heavy (non-hydrogen) atoms. The van der Waals surface area contributed by atoms with Crippen LogP contribution in [0.5, 0.6) is 0 Å². The Bertz CT molecular complexity index is 176. The van der Waals surface area contributed by atoms with Gasteiger partial charge in [-0.15, -0.1) is 9.24 Å². The molecule has 1 heteroatoms. The molecule has 0 N–H and O–H groups in total. The van der Waals surface area contributed by atoms with Gasteiger partial charge in [-0.05, 0) is 26.7 Å². The predicted octanol–water partition coefficient (Wildman–Crippen LogP) is 4.93. The fourth-order valence-electron chi connectivity index (χ4n) is 1.00. The maximum absolute atomic E-state index is 2.77. The van der Waals surface area contributed by atoms with Crippen LogP contribution >= 0.6 is 9.24 Å². The van der Waals surface area contributed by atoms with Gasteiger partial charge in [0, 0.05) is 0 Å². The summed E-state index contributed by atoms with van der Waals surface area (Å²) in [4.78, 5) is 0. The van der Waals surface area contributed by atoms with Crippen LogP contribution in [0.4, 0.5) is 0 Å². The average Bonchev–Trinajstić information content (AvgIpc) is 2.18. The van der Waals surface area contributed by atoms with E-state index in [2.05, 4.69) is 29.2 Å². The van der Waals surface area contributed by atoms with Gasteiger partial charge in [-0.25, -0.2) is 0 Å². The van der Waals surface area contributed by atoms with Crippen LogP contribution in [0.25, 0.3) is 0 Å². The van der Waals surface area contributed by atoms with Gasteiger partial charge in [-0.3, -0.25) is 0 Å². The Morgan fingerprint density at radius 2 is 1.46 bits per heavy atom. The molecule has 0 aromatic carbocycles. The van der Waals surface area contributed by atoms with E-state index in [0.717, 1.165) is 0 Å². The maximum atomic E-state index is 2.77. The lowest BCUT2D eigenvalue weighted by Gasteiger charge is -2.11. The Hall–Kier alpha value is -0.0900. The molecule has 1 atom stereocenters. The third-order valence-corrected chi connectivity index (χ3v) is 2.32.